The van der Waals surface area contributed by atoms with E-state index in [1.54, 1.807) is 48.5 Å². The van der Waals surface area contributed by atoms with Crippen molar-refractivity contribution in [3.63, 3.8) is 0 Å². The molecule has 208 valence electrons. The number of nitrogens with zero attached hydrogens (tertiary/aromatic N) is 5. The summed E-state index contributed by atoms with van der Waals surface area (Å²) < 4.78 is 0. The van der Waals surface area contributed by atoms with Crippen LogP contribution in [0.15, 0.2) is 108 Å². The summed E-state index contributed by atoms with van der Waals surface area (Å²) in [5, 5.41) is 38.1. The van der Waals surface area contributed by atoms with Crippen molar-refractivity contribution in [2.24, 2.45) is 4.99 Å². The van der Waals surface area contributed by atoms with Crippen molar-refractivity contribution in [2.45, 2.75) is 13.8 Å². The summed E-state index contributed by atoms with van der Waals surface area (Å²) >= 11 is 0. The Morgan fingerprint density at radius 3 is 1.79 bits per heavy atom. The first-order valence-electron chi connectivity index (χ1n) is 12.8. The average Bonchev–Trinajstić information content (AvgIpc) is 2.98. The highest BCUT2D eigenvalue weighted by atomic mass is 16.6. The fraction of sp³-hybridized carbons (Fsp3) is 0.0645. The lowest BCUT2D eigenvalue weighted by Crippen LogP contribution is -2.29. The van der Waals surface area contributed by atoms with Crippen LogP contribution in [0.3, 0.4) is 0 Å². The van der Waals surface area contributed by atoms with Gasteiger partial charge in [-0.1, -0.05) is 77.9 Å². The van der Waals surface area contributed by atoms with Gasteiger partial charge in [-0.3, -0.25) is 35.2 Å². The van der Waals surface area contributed by atoms with Gasteiger partial charge in [0.1, 0.15) is 5.84 Å². The Kier molecular flexibility index (Phi) is 7.40. The third-order valence-electron chi connectivity index (χ3n) is 6.69. The van der Waals surface area contributed by atoms with Crippen LogP contribution in [0.25, 0.3) is 10.8 Å². The monoisotopic (exact) mass is 561 g/mol. The van der Waals surface area contributed by atoms with Crippen molar-refractivity contribution >= 4 is 50.7 Å². The van der Waals surface area contributed by atoms with Crippen molar-refractivity contribution in [2.75, 3.05) is 4.90 Å². The fourth-order valence-electron chi connectivity index (χ4n) is 4.65. The van der Waals surface area contributed by atoms with Crippen LogP contribution >= 0.6 is 0 Å². The van der Waals surface area contributed by atoms with Gasteiger partial charge in [-0.05, 0) is 48.9 Å². The lowest BCUT2D eigenvalue weighted by Gasteiger charge is -2.27. The Bertz CT molecular complexity index is 1850. The topological polar surface area (TPSA) is 145 Å². The number of nitro benzene ring substituents is 3. The van der Waals surface area contributed by atoms with E-state index in [1.807, 2.05) is 56.3 Å². The average molecular weight is 562 g/mol. The third kappa shape index (κ3) is 5.39. The molecule has 0 N–H and O–H groups in total. The Morgan fingerprint density at radius 1 is 0.667 bits per heavy atom. The van der Waals surface area contributed by atoms with Crippen LogP contribution in [0.4, 0.5) is 34.1 Å². The van der Waals surface area contributed by atoms with E-state index in [0.717, 1.165) is 34.0 Å². The van der Waals surface area contributed by atoms with Crippen LogP contribution in [0, 0.1) is 44.2 Å². The first-order valence-corrected chi connectivity index (χ1v) is 12.8. The lowest BCUT2D eigenvalue weighted by atomic mass is 10.0. The zero-order valence-corrected chi connectivity index (χ0v) is 22.5. The summed E-state index contributed by atoms with van der Waals surface area (Å²) in [6.45, 7) is 3.78. The molecule has 0 bridgehead atoms. The highest BCUT2D eigenvalue weighted by Gasteiger charge is 2.37. The van der Waals surface area contributed by atoms with Crippen LogP contribution in [0.1, 0.15) is 16.7 Å². The van der Waals surface area contributed by atoms with Crippen molar-refractivity contribution in [1.29, 1.82) is 0 Å². The summed E-state index contributed by atoms with van der Waals surface area (Å²) in [6, 6.07) is 28.5. The van der Waals surface area contributed by atoms with Gasteiger partial charge in [0.05, 0.1) is 32.6 Å². The van der Waals surface area contributed by atoms with Crippen molar-refractivity contribution < 1.29 is 14.8 Å². The largest absolute Gasteiger partial charge is 0.307 e. The summed E-state index contributed by atoms with van der Waals surface area (Å²) in [4.78, 5) is 40.1. The number of fused-ring (bicyclic) bond motifs is 1. The summed E-state index contributed by atoms with van der Waals surface area (Å²) in [6.07, 6.45) is 0. The predicted molar refractivity (Wildman–Crippen MR) is 161 cm³/mol. The van der Waals surface area contributed by atoms with E-state index in [1.165, 1.54) is 4.90 Å². The second kappa shape index (κ2) is 11.3. The van der Waals surface area contributed by atoms with Crippen LogP contribution in [0.2, 0.25) is 0 Å². The van der Waals surface area contributed by atoms with Crippen LogP contribution in [-0.2, 0) is 0 Å². The number of anilines is 2. The first-order chi connectivity index (χ1) is 20.1. The minimum Gasteiger partial charge on any atom is -0.282 e. The SMILES string of the molecule is Cc1ccc(N=C(c2cccc3ccccc23)N(c2ccc(C)cc2)c2c([N+](=O)[O-])cc([N+](=O)[O-])cc2[N+](=O)[O-])cc1. The van der Waals surface area contributed by atoms with Gasteiger partial charge in [-0.25, -0.2) is 4.99 Å². The number of amidine groups is 1. The fourth-order valence-corrected chi connectivity index (χ4v) is 4.65. The number of aliphatic imine (C=N–C) groups is 1. The zero-order valence-electron chi connectivity index (χ0n) is 22.5. The molecule has 11 heteroatoms. The van der Waals surface area contributed by atoms with E-state index >= 15 is 0 Å². The van der Waals surface area contributed by atoms with Crippen LogP contribution < -0.4 is 4.90 Å². The molecule has 0 aromatic heterocycles. The molecule has 0 heterocycles. The van der Waals surface area contributed by atoms with Gasteiger partial charge in [0.25, 0.3) is 5.69 Å². The summed E-state index contributed by atoms with van der Waals surface area (Å²) in [5.74, 6) is 0.152. The molecule has 0 saturated carbocycles. The van der Waals surface area contributed by atoms with Crippen LogP contribution in [-0.4, -0.2) is 20.6 Å². The van der Waals surface area contributed by atoms with E-state index < -0.39 is 37.5 Å². The maximum atomic E-state index is 12.4. The second-order valence-corrected chi connectivity index (χ2v) is 9.57. The lowest BCUT2D eigenvalue weighted by molar-refractivity contribution is -0.402. The van der Waals surface area contributed by atoms with E-state index in [-0.39, 0.29) is 5.84 Å². The molecule has 0 aliphatic heterocycles. The molecule has 0 spiro atoms. The molecular weight excluding hydrogens is 538 g/mol. The van der Waals surface area contributed by atoms with E-state index in [0.29, 0.717) is 16.9 Å². The predicted octanol–water partition coefficient (Wildman–Crippen LogP) is 8.10. The molecule has 0 atom stereocenters. The molecule has 0 unspecified atom stereocenters. The number of nitro groups is 3. The van der Waals surface area contributed by atoms with Gasteiger partial charge >= 0.3 is 11.4 Å². The first kappa shape index (κ1) is 27.6. The maximum Gasteiger partial charge on any atom is 0.307 e. The quantitative estimate of drug-likeness (QED) is 0.0844. The third-order valence-corrected chi connectivity index (χ3v) is 6.69. The number of hydrogen-bond acceptors (Lipinski definition) is 7. The smallest absolute Gasteiger partial charge is 0.282 e. The molecule has 0 saturated heterocycles. The summed E-state index contributed by atoms with van der Waals surface area (Å²) in [5.41, 5.74) is 0.373. The Morgan fingerprint density at radius 2 is 1.21 bits per heavy atom. The van der Waals surface area contributed by atoms with Gasteiger partial charge in [-0.2, -0.15) is 0 Å². The van der Waals surface area contributed by atoms with E-state index in [4.69, 9.17) is 4.99 Å². The number of benzene rings is 5. The molecule has 42 heavy (non-hydrogen) atoms. The van der Waals surface area contributed by atoms with Crippen LogP contribution in [0.5, 0.6) is 0 Å². The molecule has 11 nitrogen and oxygen atoms in total. The minimum absolute atomic E-state index is 0.152. The number of rotatable bonds is 7. The van der Waals surface area contributed by atoms with Gasteiger partial charge in [0, 0.05) is 11.3 Å². The van der Waals surface area contributed by atoms with Crippen molar-refractivity contribution in [3.8, 4) is 0 Å². The van der Waals surface area contributed by atoms with Gasteiger partial charge in [0.2, 0.25) is 5.69 Å². The second-order valence-electron chi connectivity index (χ2n) is 9.57. The summed E-state index contributed by atoms with van der Waals surface area (Å²) in [7, 11) is 0. The molecule has 0 aliphatic rings. The molecular formula is C31H23N5O6. The Labute approximate surface area is 239 Å². The maximum absolute atomic E-state index is 12.4. The molecule has 5 rings (SSSR count). The Hall–Kier alpha value is -5.97. The van der Waals surface area contributed by atoms with E-state index in [9.17, 15) is 30.3 Å². The van der Waals surface area contributed by atoms with Crippen molar-refractivity contribution in [1.82, 2.24) is 0 Å². The van der Waals surface area contributed by atoms with Gasteiger partial charge in [-0.15, -0.1) is 0 Å². The highest BCUT2D eigenvalue weighted by molar-refractivity contribution is 6.22. The molecule has 0 fully saturated rings. The number of non-ortho nitro benzene ring substituents is 1. The normalized spacial score (nSPS) is 11.3. The van der Waals surface area contributed by atoms with Gasteiger partial charge < -0.3 is 0 Å². The molecule has 0 aliphatic carbocycles. The van der Waals surface area contributed by atoms with Crippen molar-refractivity contribution in [3.05, 3.63) is 150 Å². The minimum atomic E-state index is -0.897. The van der Waals surface area contributed by atoms with Gasteiger partial charge in [0.15, 0.2) is 0 Å². The molecule has 0 radical (unpaired) electrons. The van der Waals surface area contributed by atoms with E-state index in [2.05, 4.69) is 0 Å². The Balaban J connectivity index is 1.96. The molecule has 5 aromatic rings. The highest BCUT2D eigenvalue weighted by Crippen LogP contribution is 2.45. The molecule has 0 amide bonds. The number of hydrogen-bond donors (Lipinski definition) is 0. The zero-order chi connectivity index (χ0) is 30.0. The molecule has 5 aromatic carbocycles. The number of aryl methyl sites for hydroxylation is 2. The standard InChI is InChI=1S/C31H23N5O6/c1-20-10-14-23(15-11-20)32-31(27-9-5-7-22-6-3-4-8-26(22)27)33(24-16-12-21(2)13-17-24)30-28(35(39)40)18-25(34(37)38)19-29(30)36(41)42/h3-19H,1-2H3.